The molecular formula is C23H21ClN2O4S. The Bertz CT molecular complexity index is 1200. The van der Waals surface area contributed by atoms with Crippen LogP contribution in [0.3, 0.4) is 0 Å². The quantitative estimate of drug-likeness (QED) is 0.584. The van der Waals surface area contributed by atoms with Crippen LogP contribution in [-0.4, -0.2) is 27.5 Å². The van der Waals surface area contributed by atoms with Crippen molar-refractivity contribution in [3.63, 3.8) is 0 Å². The van der Waals surface area contributed by atoms with E-state index < -0.39 is 10.0 Å². The van der Waals surface area contributed by atoms with E-state index in [0.29, 0.717) is 23.9 Å². The number of rotatable bonds is 6. The Morgan fingerprint density at radius 2 is 1.81 bits per heavy atom. The first-order valence-electron chi connectivity index (χ1n) is 9.78. The zero-order valence-corrected chi connectivity index (χ0v) is 18.1. The highest BCUT2D eigenvalue weighted by Gasteiger charge is 2.21. The Kier molecular flexibility index (Phi) is 6.15. The zero-order valence-electron chi connectivity index (χ0n) is 16.5. The van der Waals surface area contributed by atoms with Crippen LogP contribution in [0.25, 0.3) is 0 Å². The van der Waals surface area contributed by atoms with Gasteiger partial charge < -0.3 is 10.1 Å². The summed E-state index contributed by atoms with van der Waals surface area (Å²) in [5.74, 6) is 0.705. The molecule has 0 spiro atoms. The molecule has 3 aromatic carbocycles. The van der Waals surface area contributed by atoms with Crippen molar-refractivity contribution in [3.8, 4) is 5.75 Å². The molecule has 0 radical (unpaired) electrons. The Balaban J connectivity index is 1.40. The highest BCUT2D eigenvalue weighted by atomic mass is 35.5. The number of nitrogens with one attached hydrogen (secondary N) is 2. The zero-order chi connectivity index (χ0) is 21.8. The number of fused-ring (bicyclic) bond motifs is 1. The summed E-state index contributed by atoms with van der Waals surface area (Å²) in [4.78, 5) is 12.6. The van der Waals surface area contributed by atoms with Crippen molar-refractivity contribution >= 4 is 33.2 Å². The summed E-state index contributed by atoms with van der Waals surface area (Å²) < 4.78 is 33.6. The third-order valence-electron chi connectivity index (χ3n) is 5.01. The number of sulfonamides is 1. The molecule has 2 N–H and O–H groups in total. The van der Waals surface area contributed by atoms with Crippen LogP contribution in [0.5, 0.6) is 5.75 Å². The van der Waals surface area contributed by atoms with Gasteiger partial charge in [-0.25, -0.2) is 8.42 Å². The van der Waals surface area contributed by atoms with Crippen molar-refractivity contribution in [1.29, 1.82) is 0 Å². The number of amides is 1. The van der Waals surface area contributed by atoms with Gasteiger partial charge in [0, 0.05) is 28.7 Å². The number of benzene rings is 3. The van der Waals surface area contributed by atoms with E-state index in [2.05, 4.69) is 10.0 Å². The summed E-state index contributed by atoms with van der Waals surface area (Å²) >= 11 is 5.84. The molecule has 0 aromatic heterocycles. The minimum Gasteiger partial charge on any atom is -0.493 e. The molecule has 3 aromatic rings. The first kappa shape index (κ1) is 21.2. The highest BCUT2D eigenvalue weighted by Crippen LogP contribution is 2.26. The predicted molar refractivity (Wildman–Crippen MR) is 120 cm³/mol. The number of halogens is 1. The average Bonchev–Trinajstić information content (AvgIpc) is 2.79. The van der Waals surface area contributed by atoms with Gasteiger partial charge in [-0.3, -0.25) is 9.52 Å². The molecule has 1 unspecified atom stereocenters. The van der Waals surface area contributed by atoms with Crippen LogP contribution < -0.4 is 14.8 Å². The second kappa shape index (κ2) is 8.99. The monoisotopic (exact) mass is 456 g/mol. The average molecular weight is 457 g/mol. The van der Waals surface area contributed by atoms with Gasteiger partial charge in [0.1, 0.15) is 5.75 Å². The Morgan fingerprint density at radius 1 is 1.03 bits per heavy atom. The minimum atomic E-state index is -3.84. The van der Waals surface area contributed by atoms with Crippen LogP contribution in [-0.2, 0) is 16.4 Å². The highest BCUT2D eigenvalue weighted by molar-refractivity contribution is 7.92. The molecular weight excluding hydrogens is 436 g/mol. The van der Waals surface area contributed by atoms with E-state index in [1.165, 1.54) is 12.1 Å². The van der Waals surface area contributed by atoms with Crippen molar-refractivity contribution in [1.82, 2.24) is 5.32 Å². The van der Waals surface area contributed by atoms with Gasteiger partial charge in [0.15, 0.2) is 0 Å². The normalized spacial score (nSPS) is 15.5. The van der Waals surface area contributed by atoms with Crippen LogP contribution in [0.1, 0.15) is 15.9 Å². The van der Waals surface area contributed by atoms with E-state index in [1.54, 1.807) is 36.4 Å². The molecule has 1 aliphatic heterocycles. The van der Waals surface area contributed by atoms with Crippen molar-refractivity contribution in [3.05, 3.63) is 88.9 Å². The first-order valence-corrected chi connectivity index (χ1v) is 11.6. The summed E-state index contributed by atoms with van der Waals surface area (Å²) in [6.07, 6.45) is 0.815. The van der Waals surface area contributed by atoms with E-state index in [-0.39, 0.29) is 22.3 Å². The molecule has 8 heteroatoms. The number of carbonyl (C=O) groups is 1. The van der Waals surface area contributed by atoms with Crippen molar-refractivity contribution < 1.29 is 17.9 Å². The maximum absolute atomic E-state index is 12.7. The van der Waals surface area contributed by atoms with Gasteiger partial charge in [-0.1, -0.05) is 35.9 Å². The third kappa shape index (κ3) is 5.18. The minimum absolute atomic E-state index is 0.00465. The fourth-order valence-electron chi connectivity index (χ4n) is 3.40. The summed E-state index contributed by atoms with van der Waals surface area (Å²) in [6.45, 7) is 0.962. The Labute approximate surface area is 186 Å². The molecule has 6 nitrogen and oxygen atoms in total. The smallest absolute Gasteiger partial charge is 0.261 e. The van der Waals surface area contributed by atoms with E-state index in [9.17, 15) is 13.2 Å². The third-order valence-corrected chi connectivity index (χ3v) is 6.64. The molecule has 1 aliphatic rings. The van der Waals surface area contributed by atoms with E-state index >= 15 is 0 Å². The lowest BCUT2D eigenvalue weighted by molar-refractivity contribution is 0.0939. The van der Waals surface area contributed by atoms with E-state index in [0.717, 1.165) is 17.7 Å². The molecule has 0 saturated heterocycles. The second-order valence-corrected chi connectivity index (χ2v) is 9.46. The fraction of sp³-hybridized carbons (Fsp3) is 0.174. The summed E-state index contributed by atoms with van der Waals surface area (Å²) in [5, 5.41) is 3.39. The Hall–Kier alpha value is -3.03. The van der Waals surface area contributed by atoms with E-state index in [1.807, 2.05) is 24.3 Å². The molecule has 4 rings (SSSR count). The van der Waals surface area contributed by atoms with Gasteiger partial charge in [0.2, 0.25) is 0 Å². The molecule has 0 fully saturated rings. The van der Waals surface area contributed by atoms with Gasteiger partial charge in [0.05, 0.1) is 11.5 Å². The number of hydrogen-bond donors (Lipinski definition) is 2. The first-order chi connectivity index (χ1) is 14.9. The topological polar surface area (TPSA) is 84.5 Å². The number of anilines is 1. The molecule has 31 heavy (non-hydrogen) atoms. The van der Waals surface area contributed by atoms with Crippen LogP contribution in [0.2, 0.25) is 5.02 Å². The van der Waals surface area contributed by atoms with Crippen molar-refractivity contribution in [2.75, 3.05) is 17.9 Å². The van der Waals surface area contributed by atoms with Crippen LogP contribution in [0.4, 0.5) is 5.69 Å². The molecule has 1 atom stereocenters. The summed E-state index contributed by atoms with van der Waals surface area (Å²) in [6, 6.07) is 20.1. The standard InChI is InChI=1S/C23H21ClN2O4S/c24-19-8-10-20(11-9-19)26-31(28,29)21-6-3-5-18(13-21)23(27)25-14-16-12-17-4-1-2-7-22(17)30-15-16/h1-11,13,16,26H,12,14-15H2,(H,25,27). The molecule has 0 saturated carbocycles. The number of ether oxygens (including phenoxy) is 1. The van der Waals surface area contributed by atoms with Gasteiger partial charge in [-0.2, -0.15) is 0 Å². The molecule has 0 bridgehead atoms. The molecule has 160 valence electrons. The Morgan fingerprint density at radius 3 is 2.61 bits per heavy atom. The number of carbonyl (C=O) groups excluding carboxylic acids is 1. The lowest BCUT2D eigenvalue weighted by Crippen LogP contribution is -2.34. The SMILES string of the molecule is O=C(NCC1COc2ccccc2C1)c1cccc(S(=O)(=O)Nc2ccc(Cl)cc2)c1. The number of para-hydroxylation sites is 1. The van der Waals surface area contributed by atoms with Gasteiger partial charge >= 0.3 is 0 Å². The van der Waals surface area contributed by atoms with Gasteiger partial charge in [0.25, 0.3) is 15.9 Å². The summed E-state index contributed by atoms with van der Waals surface area (Å²) in [5.41, 5.74) is 1.78. The van der Waals surface area contributed by atoms with Crippen molar-refractivity contribution in [2.45, 2.75) is 11.3 Å². The number of hydrogen-bond acceptors (Lipinski definition) is 4. The fourth-order valence-corrected chi connectivity index (χ4v) is 4.63. The summed E-state index contributed by atoms with van der Waals surface area (Å²) in [7, 11) is -3.84. The van der Waals surface area contributed by atoms with Crippen molar-refractivity contribution in [2.24, 2.45) is 5.92 Å². The predicted octanol–water partition coefficient (Wildman–Crippen LogP) is 4.12. The van der Waals surface area contributed by atoms with Gasteiger partial charge in [-0.15, -0.1) is 0 Å². The maximum Gasteiger partial charge on any atom is 0.261 e. The molecule has 1 amide bonds. The van der Waals surface area contributed by atoms with Gasteiger partial charge in [-0.05, 0) is 60.5 Å². The molecule has 0 aliphatic carbocycles. The molecule has 1 heterocycles. The largest absolute Gasteiger partial charge is 0.493 e. The maximum atomic E-state index is 12.7. The lowest BCUT2D eigenvalue weighted by atomic mass is 9.96. The van der Waals surface area contributed by atoms with Crippen LogP contribution >= 0.6 is 11.6 Å². The van der Waals surface area contributed by atoms with E-state index in [4.69, 9.17) is 16.3 Å². The lowest BCUT2D eigenvalue weighted by Gasteiger charge is -2.25. The second-order valence-electron chi connectivity index (χ2n) is 7.34. The van der Waals surface area contributed by atoms with Crippen LogP contribution in [0.15, 0.2) is 77.7 Å². The van der Waals surface area contributed by atoms with Crippen LogP contribution in [0, 0.1) is 5.92 Å².